The van der Waals surface area contributed by atoms with Crippen LogP contribution >= 0.6 is 0 Å². The molecule has 15 heavy (non-hydrogen) atoms. The second-order valence-electron chi connectivity index (χ2n) is 3.39. The number of hydrogen-bond donors (Lipinski definition) is 2. The second kappa shape index (κ2) is 3.95. The lowest BCUT2D eigenvalue weighted by molar-refractivity contribution is -0.0284. The Kier molecular flexibility index (Phi) is 2.65. The number of amides is 1. The monoisotopic (exact) mass is 212 g/mol. The molecule has 7 nitrogen and oxygen atoms in total. The van der Waals surface area contributed by atoms with E-state index in [1.165, 1.54) is 11.0 Å². The van der Waals surface area contributed by atoms with E-state index in [-0.39, 0.29) is 24.8 Å². The minimum Gasteiger partial charge on any atom is -0.394 e. The number of carbonyl (C=O) groups is 1. The number of nitrogens with two attached hydrogens (primary N) is 1. The normalized spacial score (nSPS) is 25.7. The third-order valence-electron chi connectivity index (χ3n) is 2.31. The highest BCUT2D eigenvalue weighted by atomic mass is 16.5. The number of aromatic nitrogens is 3. The molecule has 0 radical (unpaired) electrons. The van der Waals surface area contributed by atoms with Gasteiger partial charge < -0.3 is 15.6 Å². The van der Waals surface area contributed by atoms with Crippen LogP contribution in [0.5, 0.6) is 0 Å². The highest BCUT2D eigenvalue weighted by Crippen LogP contribution is 2.26. The number of rotatable bonds is 3. The number of nitrogens with zero attached hydrogens (tertiary/aromatic N) is 3. The molecule has 2 heterocycles. The first-order chi connectivity index (χ1) is 7.20. The Morgan fingerprint density at radius 3 is 3.07 bits per heavy atom. The van der Waals surface area contributed by atoms with Gasteiger partial charge in [0.25, 0.3) is 5.91 Å². The topological polar surface area (TPSA) is 103 Å². The molecule has 2 atom stereocenters. The van der Waals surface area contributed by atoms with Gasteiger partial charge in [-0.3, -0.25) is 4.79 Å². The van der Waals surface area contributed by atoms with E-state index in [9.17, 15) is 4.79 Å². The van der Waals surface area contributed by atoms with Crippen molar-refractivity contribution in [2.75, 3.05) is 6.61 Å². The number of carbonyl (C=O) groups excluding carboxylic acids is 1. The fourth-order valence-corrected chi connectivity index (χ4v) is 1.54. The average Bonchev–Trinajstić information content (AvgIpc) is 2.86. The van der Waals surface area contributed by atoms with Crippen LogP contribution in [0.1, 0.15) is 29.7 Å². The summed E-state index contributed by atoms with van der Waals surface area (Å²) in [5.74, 6) is -0.684. The Bertz CT molecular complexity index is 365. The van der Waals surface area contributed by atoms with Crippen LogP contribution < -0.4 is 5.73 Å². The molecule has 0 spiro atoms. The van der Waals surface area contributed by atoms with Gasteiger partial charge in [-0.15, -0.1) is 5.10 Å². The molecular formula is C8H12N4O3. The highest BCUT2D eigenvalue weighted by Gasteiger charge is 2.27. The zero-order valence-corrected chi connectivity index (χ0v) is 8.04. The molecule has 0 unspecified atom stereocenters. The van der Waals surface area contributed by atoms with E-state index in [2.05, 4.69) is 10.1 Å². The average molecular weight is 212 g/mol. The molecule has 0 aromatic carbocycles. The van der Waals surface area contributed by atoms with Crippen molar-refractivity contribution in [3.8, 4) is 0 Å². The van der Waals surface area contributed by atoms with Gasteiger partial charge >= 0.3 is 0 Å². The number of aliphatic hydroxyl groups is 1. The van der Waals surface area contributed by atoms with Crippen LogP contribution in [-0.2, 0) is 4.74 Å². The van der Waals surface area contributed by atoms with E-state index in [0.717, 1.165) is 12.8 Å². The quantitative estimate of drug-likeness (QED) is 0.672. The summed E-state index contributed by atoms with van der Waals surface area (Å²) in [6, 6.07) is 0. The number of ether oxygens (including phenoxy) is 1. The molecule has 1 saturated heterocycles. The van der Waals surface area contributed by atoms with Crippen molar-refractivity contribution in [3.05, 3.63) is 12.2 Å². The molecule has 1 aromatic rings. The van der Waals surface area contributed by atoms with Crippen LogP contribution in [0.25, 0.3) is 0 Å². The fourth-order valence-electron chi connectivity index (χ4n) is 1.54. The summed E-state index contributed by atoms with van der Waals surface area (Å²) in [6.07, 6.45) is 2.50. The zero-order valence-electron chi connectivity index (χ0n) is 8.04. The molecule has 1 aliphatic heterocycles. The SMILES string of the molecule is NC(=O)c1ncn([C@@H]2CC[C@H](CO)O2)n1. The van der Waals surface area contributed by atoms with Gasteiger partial charge in [-0.1, -0.05) is 0 Å². The van der Waals surface area contributed by atoms with E-state index in [4.69, 9.17) is 15.6 Å². The number of aliphatic hydroxyl groups excluding tert-OH is 1. The maximum Gasteiger partial charge on any atom is 0.288 e. The van der Waals surface area contributed by atoms with Crippen molar-refractivity contribution < 1.29 is 14.6 Å². The summed E-state index contributed by atoms with van der Waals surface area (Å²) in [4.78, 5) is 14.5. The molecule has 0 saturated carbocycles. The van der Waals surface area contributed by atoms with E-state index in [1.807, 2.05) is 0 Å². The predicted octanol–water partition coefficient (Wildman–Crippen LogP) is -0.953. The summed E-state index contributed by atoms with van der Waals surface area (Å²) < 4.78 is 6.90. The lowest BCUT2D eigenvalue weighted by atomic mass is 10.2. The lowest BCUT2D eigenvalue weighted by Gasteiger charge is -2.11. The van der Waals surface area contributed by atoms with Crippen LogP contribution in [0, 0.1) is 0 Å². The Balaban J connectivity index is 2.07. The van der Waals surface area contributed by atoms with Gasteiger partial charge in [0.05, 0.1) is 12.7 Å². The second-order valence-corrected chi connectivity index (χ2v) is 3.39. The minimum atomic E-state index is -0.662. The van der Waals surface area contributed by atoms with Gasteiger partial charge in [0, 0.05) is 0 Å². The molecule has 1 amide bonds. The molecular weight excluding hydrogens is 200 g/mol. The summed E-state index contributed by atoms with van der Waals surface area (Å²) in [6.45, 7) is -0.00608. The Morgan fingerprint density at radius 2 is 2.53 bits per heavy atom. The Hall–Kier alpha value is -1.47. The summed E-state index contributed by atoms with van der Waals surface area (Å²) in [7, 11) is 0. The van der Waals surface area contributed by atoms with E-state index in [0.29, 0.717) is 0 Å². The van der Waals surface area contributed by atoms with Crippen LogP contribution in [0.3, 0.4) is 0 Å². The van der Waals surface area contributed by atoms with Gasteiger partial charge in [0.15, 0.2) is 6.23 Å². The van der Waals surface area contributed by atoms with E-state index in [1.54, 1.807) is 0 Å². The fraction of sp³-hybridized carbons (Fsp3) is 0.625. The van der Waals surface area contributed by atoms with Crippen LogP contribution in [0.2, 0.25) is 0 Å². The summed E-state index contributed by atoms with van der Waals surface area (Å²) in [5, 5.41) is 12.8. The van der Waals surface area contributed by atoms with Crippen molar-refractivity contribution in [2.24, 2.45) is 5.73 Å². The first-order valence-corrected chi connectivity index (χ1v) is 4.68. The van der Waals surface area contributed by atoms with Gasteiger partial charge in [-0.25, -0.2) is 9.67 Å². The molecule has 2 rings (SSSR count). The minimum absolute atomic E-state index is 0.00608. The summed E-state index contributed by atoms with van der Waals surface area (Å²) in [5.41, 5.74) is 5.02. The molecule has 1 aliphatic rings. The lowest BCUT2D eigenvalue weighted by Crippen LogP contribution is -2.16. The zero-order chi connectivity index (χ0) is 10.8. The molecule has 0 aliphatic carbocycles. The van der Waals surface area contributed by atoms with E-state index < -0.39 is 5.91 Å². The molecule has 0 bridgehead atoms. The molecule has 82 valence electrons. The predicted molar refractivity (Wildman–Crippen MR) is 48.8 cm³/mol. The number of primary amides is 1. The smallest absolute Gasteiger partial charge is 0.288 e. The third kappa shape index (κ3) is 1.97. The van der Waals surface area contributed by atoms with Crippen molar-refractivity contribution >= 4 is 5.91 Å². The largest absolute Gasteiger partial charge is 0.394 e. The Morgan fingerprint density at radius 1 is 1.73 bits per heavy atom. The van der Waals surface area contributed by atoms with Gasteiger partial charge in [-0.2, -0.15) is 0 Å². The molecule has 1 aromatic heterocycles. The maximum atomic E-state index is 10.8. The standard InChI is InChI=1S/C8H12N4O3/c9-7(14)8-10-4-12(11-8)6-2-1-5(3-13)15-6/h4-6,13H,1-3H2,(H2,9,14)/t5-,6+/m1/s1. The number of hydrogen-bond acceptors (Lipinski definition) is 5. The first-order valence-electron chi connectivity index (χ1n) is 4.68. The van der Waals surface area contributed by atoms with Crippen LogP contribution in [-0.4, -0.2) is 38.5 Å². The third-order valence-corrected chi connectivity index (χ3v) is 2.31. The van der Waals surface area contributed by atoms with Gasteiger partial charge in [0.1, 0.15) is 6.33 Å². The van der Waals surface area contributed by atoms with Gasteiger partial charge in [-0.05, 0) is 12.8 Å². The Labute approximate surface area is 85.9 Å². The van der Waals surface area contributed by atoms with Crippen LogP contribution in [0.4, 0.5) is 0 Å². The van der Waals surface area contributed by atoms with Gasteiger partial charge in [0.2, 0.25) is 5.82 Å². The van der Waals surface area contributed by atoms with Crippen molar-refractivity contribution in [2.45, 2.75) is 25.2 Å². The molecule has 7 heteroatoms. The first kappa shape index (κ1) is 10.1. The van der Waals surface area contributed by atoms with E-state index >= 15 is 0 Å². The van der Waals surface area contributed by atoms with Crippen molar-refractivity contribution in [1.29, 1.82) is 0 Å². The highest BCUT2D eigenvalue weighted by molar-refractivity contribution is 5.88. The van der Waals surface area contributed by atoms with Crippen molar-refractivity contribution in [1.82, 2.24) is 14.8 Å². The molecule has 3 N–H and O–H groups in total. The summed E-state index contributed by atoms with van der Waals surface area (Å²) >= 11 is 0. The van der Waals surface area contributed by atoms with Crippen LogP contribution in [0.15, 0.2) is 6.33 Å². The van der Waals surface area contributed by atoms with Crippen molar-refractivity contribution in [3.63, 3.8) is 0 Å². The molecule has 1 fully saturated rings. The maximum absolute atomic E-state index is 10.8.